The fourth-order valence-corrected chi connectivity index (χ4v) is 2.35. The maximum absolute atomic E-state index is 9.88. The fourth-order valence-electron chi connectivity index (χ4n) is 1.87. The van der Waals surface area contributed by atoms with Crippen LogP contribution in [0.25, 0.3) is 22.1 Å². The van der Waals surface area contributed by atoms with Gasteiger partial charge in [0, 0.05) is 3.57 Å². The predicted molar refractivity (Wildman–Crippen MR) is 76.2 cm³/mol. The van der Waals surface area contributed by atoms with Crippen LogP contribution in [0.3, 0.4) is 0 Å². The van der Waals surface area contributed by atoms with Gasteiger partial charge >= 0.3 is 0 Å². The van der Waals surface area contributed by atoms with E-state index in [9.17, 15) is 5.11 Å². The molecule has 0 saturated heterocycles. The Balaban J connectivity index is 2.48. The van der Waals surface area contributed by atoms with Gasteiger partial charge < -0.3 is 5.11 Å². The molecule has 0 fully saturated rings. The molecule has 0 saturated carbocycles. The first-order valence-corrected chi connectivity index (χ1v) is 6.28. The molecule has 3 aromatic rings. The smallest absolute Gasteiger partial charge is 0.143 e. The maximum Gasteiger partial charge on any atom is 0.143 e. The van der Waals surface area contributed by atoms with Crippen molar-refractivity contribution in [3.8, 4) is 5.75 Å². The van der Waals surface area contributed by atoms with Crippen molar-refractivity contribution in [3.63, 3.8) is 0 Å². The number of phenolic OH excluding ortho intramolecular Hbond substituents is 1. The summed E-state index contributed by atoms with van der Waals surface area (Å²) in [5.41, 5.74) is 3.93. The second kappa shape index (κ2) is 3.80. The fraction of sp³-hybridized carbons (Fsp3) is 0.0769. The number of aromatic nitrogens is 2. The van der Waals surface area contributed by atoms with Gasteiger partial charge in [0.05, 0.1) is 16.6 Å². The van der Waals surface area contributed by atoms with Crippen molar-refractivity contribution in [2.24, 2.45) is 0 Å². The molecule has 2 aromatic carbocycles. The Morgan fingerprint density at radius 1 is 1.00 bits per heavy atom. The van der Waals surface area contributed by atoms with Crippen LogP contribution < -0.4 is 0 Å². The number of rotatable bonds is 0. The molecule has 0 spiro atoms. The van der Waals surface area contributed by atoms with Crippen molar-refractivity contribution < 1.29 is 5.11 Å². The van der Waals surface area contributed by atoms with E-state index in [4.69, 9.17) is 0 Å². The summed E-state index contributed by atoms with van der Waals surface area (Å²) < 4.78 is 1.11. The average molecular weight is 336 g/mol. The lowest BCUT2D eigenvalue weighted by atomic mass is 10.2. The van der Waals surface area contributed by atoms with Crippen LogP contribution in [-0.4, -0.2) is 15.1 Å². The molecule has 84 valence electrons. The molecule has 3 nitrogen and oxygen atoms in total. The predicted octanol–water partition coefficient (Wildman–Crippen LogP) is 3.40. The highest BCUT2D eigenvalue weighted by Crippen LogP contribution is 2.26. The minimum atomic E-state index is 0.188. The quantitative estimate of drug-likeness (QED) is 0.506. The van der Waals surface area contributed by atoms with Gasteiger partial charge in [0.1, 0.15) is 11.3 Å². The number of halogens is 1. The van der Waals surface area contributed by atoms with E-state index in [0.717, 1.165) is 25.7 Å². The molecular formula is C13H9IN2O. The Kier molecular flexibility index (Phi) is 2.39. The van der Waals surface area contributed by atoms with Gasteiger partial charge in [-0.2, -0.15) is 0 Å². The van der Waals surface area contributed by atoms with Crippen LogP contribution in [0.4, 0.5) is 0 Å². The van der Waals surface area contributed by atoms with Crippen molar-refractivity contribution in [2.75, 3.05) is 0 Å². The van der Waals surface area contributed by atoms with Gasteiger partial charge in [-0.15, -0.1) is 0 Å². The lowest BCUT2D eigenvalue weighted by Gasteiger charge is -2.04. The molecule has 0 amide bonds. The maximum atomic E-state index is 9.88. The summed E-state index contributed by atoms with van der Waals surface area (Å²) in [5.74, 6) is 0.188. The van der Waals surface area contributed by atoms with Crippen LogP contribution in [0.15, 0.2) is 30.3 Å². The summed E-state index contributed by atoms with van der Waals surface area (Å²) in [6.07, 6.45) is 0. The second-order valence-electron chi connectivity index (χ2n) is 4.01. The lowest BCUT2D eigenvalue weighted by molar-refractivity contribution is 0.480. The molecule has 1 aromatic heterocycles. The third-order valence-electron chi connectivity index (χ3n) is 2.62. The zero-order chi connectivity index (χ0) is 12.0. The van der Waals surface area contributed by atoms with Crippen molar-refractivity contribution >= 4 is 44.7 Å². The molecule has 17 heavy (non-hydrogen) atoms. The molecule has 0 radical (unpaired) electrons. The Morgan fingerprint density at radius 2 is 1.82 bits per heavy atom. The first-order valence-electron chi connectivity index (χ1n) is 5.20. The van der Waals surface area contributed by atoms with E-state index in [1.807, 2.05) is 31.2 Å². The molecule has 3 rings (SSSR count). The van der Waals surface area contributed by atoms with Crippen LogP contribution in [0.5, 0.6) is 5.75 Å². The molecule has 0 aliphatic rings. The van der Waals surface area contributed by atoms with E-state index < -0.39 is 0 Å². The Hall–Kier alpha value is -1.43. The third-order valence-corrected chi connectivity index (χ3v) is 3.30. The molecule has 0 bridgehead atoms. The number of benzene rings is 2. The summed E-state index contributed by atoms with van der Waals surface area (Å²) in [4.78, 5) is 8.98. The van der Waals surface area contributed by atoms with E-state index in [-0.39, 0.29) is 5.75 Å². The first kappa shape index (κ1) is 10.7. The number of hydrogen-bond donors (Lipinski definition) is 1. The summed E-state index contributed by atoms with van der Waals surface area (Å²) in [6, 6.07) is 9.54. The van der Waals surface area contributed by atoms with E-state index in [1.165, 1.54) is 0 Å². The number of aromatic hydroxyl groups is 1. The summed E-state index contributed by atoms with van der Waals surface area (Å²) in [5, 5.41) is 9.88. The monoisotopic (exact) mass is 336 g/mol. The van der Waals surface area contributed by atoms with Crippen LogP contribution in [-0.2, 0) is 0 Å². The number of nitrogens with zero attached hydrogens (tertiary/aromatic N) is 2. The minimum absolute atomic E-state index is 0.188. The highest BCUT2D eigenvalue weighted by Gasteiger charge is 2.06. The van der Waals surface area contributed by atoms with Crippen molar-refractivity contribution in [3.05, 3.63) is 39.5 Å². The molecule has 0 aliphatic carbocycles. The number of phenols is 1. The Bertz CT molecular complexity index is 740. The van der Waals surface area contributed by atoms with E-state index in [2.05, 4.69) is 32.6 Å². The normalized spacial score (nSPS) is 11.2. The number of hydrogen-bond acceptors (Lipinski definition) is 3. The molecule has 1 heterocycles. The first-order chi connectivity index (χ1) is 8.13. The molecule has 0 aliphatic heterocycles. The van der Waals surface area contributed by atoms with Gasteiger partial charge in [-0.25, -0.2) is 9.97 Å². The van der Waals surface area contributed by atoms with Crippen LogP contribution in [0.2, 0.25) is 0 Å². The topological polar surface area (TPSA) is 46.0 Å². The van der Waals surface area contributed by atoms with E-state index in [1.54, 1.807) is 6.07 Å². The van der Waals surface area contributed by atoms with Gasteiger partial charge in [0.2, 0.25) is 0 Å². The van der Waals surface area contributed by atoms with Crippen molar-refractivity contribution in [1.29, 1.82) is 0 Å². The average Bonchev–Trinajstić information content (AvgIpc) is 2.27. The summed E-state index contributed by atoms with van der Waals surface area (Å²) in [6.45, 7) is 1.93. The number of aryl methyl sites for hydroxylation is 1. The highest BCUT2D eigenvalue weighted by atomic mass is 127. The SMILES string of the molecule is Cc1cc(O)c2nc3cc(I)ccc3nc2c1. The molecular weight excluding hydrogens is 327 g/mol. The molecule has 1 N–H and O–H groups in total. The van der Waals surface area contributed by atoms with Crippen molar-refractivity contribution in [1.82, 2.24) is 9.97 Å². The standard InChI is InChI=1S/C13H9IN2O/c1-7-4-11-13(12(17)5-7)16-10-6-8(14)2-3-9(10)15-11/h2-6,17H,1H3. The Morgan fingerprint density at radius 3 is 2.65 bits per heavy atom. The lowest BCUT2D eigenvalue weighted by Crippen LogP contribution is -1.89. The van der Waals surface area contributed by atoms with Crippen LogP contribution in [0, 0.1) is 10.5 Å². The van der Waals surface area contributed by atoms with Crippen LogP contribution in [0.1, 0.15) is 5.56 Å². The third kappa shape index (κ3) is 1.82. The van der Waals surface area contributed by atoms with Gasteiger partial charge in [-0.3, -0.25) is 0 Å². The summed E-state index contributed by atoms with van der Waals surface area (Å²) in [7, 11) is 0. The molecule has 0 unspecified atom stereocenters. The largest absolute Gasteiger partial charge is 0.506 e. The van der Waals surface area contributed by atoms with Crippen LogP contribution >= 0.6 is 22.6 Å². The summed E-state index contributed by atoms with van der Waals surface area (Å²) >= 11 is 2.24. The molecule has 4 heteroatoms. The second-order valence-corrected chi connectivity index (χ2v) is 5.25. The van der Waals surface area contributed by atoms with E-state index in [0.29, 0.717) is 5.52 Å². The molecule has 0 atom stereocenters. The van der Waals surface area contributed by atoms with Gasteiger partial charge in [-0.1, -0.05) is 0 Å². The zero-order valence-corrected chi connectivity index (χ0v) is 11.3. The minimum Gasteiger partial charge on any atom is -0.506 e. The van der Waals surface area contributed by atoms with Crippen molar-refractivity contribution in [2.45, 2.75) is 6.92 Å². The highest BCUT2D eigenvalue weighted by molar-refractivity contribution is 14.1. The van der Waals surface area contributed by atoms with E-state index >= 15 is 0 Å². The van der Waals surface area contributed by atoms with Gasteiger partial charge in [-0.05, 0) is 65.4 Å². The zero-order valence-electron chi connectivity index (χ0n) is 9.11. The van der Waals surface area contributed by atoms with Gasteiger partial charge in [0.15, 0.2) is 0 Å². The Labute approximate surface area is 112 Å². The number of fused-ring (bicyclic) bond motifs is 2. The van der Waals surface area contributed by atoms with Gasteiger partial charge in [0.25, 0.3) is 0 Å².